The topological polar surface area (TPSA) is 67.8 Å². The molecular formula is C16H25NO4. The number of benzene rings is 1. The lowest BCUT2D eigenvalue weighted by atomic mass is 9.99. The number of carbonyl (C=O) groups is 1. The van der Waals surface area contributed by atoms with Gasteiger partial charge in [-0.25, -0.2) is 0 Å². The van der Waals surface area contributed by atoms with E-state index in [-0.39, 0.29) is 12.5 Å². The van der Waals surface area contributed by atoms with Crippen LogP contribution in [0.25, 0.3) is 0 Å². The predicted octanol–water partition coefficient (Wildman–Crippen LogP) is 2.02. The van der Waals surface area contributed by atoms with Gasteiger partial charge in [0, 0.05) is 19.8 Å². The van der Waals surface area contributed by atoms with E-state index in [1.165, 1.54) is 0 Å². The second kappa shape index (κ2) is 9.37. The second-order valence-electron chi connectivity index (χ2n) is 5.09. The van der Waals surface area contributed by atoms with Crippen LogP contribution in [0.1, 0.15) is 24.0 Å². The van der Waals surface area contributed by atoms with Crippen LogP contribution in [0.5, 0.6) is 5.75 Å². The fourth-order valence-electron chi connectivity index (χ4n) is 2.24. The highest BCUT2D eigenvalue weighted by Gasteiger charge is 2.14. The summed E-state index contributed by atoms with van der Waals surface area (Å²) >= 11 is 0. The molecule has 2 N–H and O–H groups in total. The number of hydrogen-bond acceptors (Lipinski definition) is 4. The molecule has 1 unspecified atom stereocenters. The largest absolute Gasteiger partial charge is 0.497 e. The van der Waals surface area contributed by atoms with Crippen molar-refractivity contribution in [1.29, 1.82) is 0 Å². The van der Waals surface area contributed by atoms with E-state index < -0.39 is 5.97 Å². The minimum atomic E-state index is -0.787. The lowest BCUT2D eigenvalue weighted by Crippen LogP contribution is -2.34. The van der Waals surface area contributed by atoms with Gasteiger partial charge in [-0.15, -0.1) is 0 Å². The zero-order chi connectivity index (χ0) is 15.7. The van der Waals surface area contributed by atoms with Gasteiger partial charge in [-0.1, -0.05) is 6.07 Å². The maximum absolute atomic E-state index is 11.0. The Bertz CT molecular complexity index is 448. The van der Waals surface area contributed by atoms with Crippen LogP contribution in [-0.4, -0.2) is 44.5 Å². The number of carboxylic acids is 1. The average molecular weight is 295 g/mol. The van der Waals surface area contributed by atoms with Gasteiger partial charge in [-0.3, -0.25) is 4.79 Å². The minimum absolute atomic E-state index is 0.0774. The molecule has 0 fully saturated rings. The summed E-state index contributed by atoms with van der Waals surface area (Å²) in [5, 5.41) is 12.3. The van der Waals surface area contributed by atoms with Gasteiger partial charge in [0.05, 0.1) is 13.5 Å². The molecule has 0 aromatic heterocycles. The molecule has 0 saturated carbocycles. The van der Waals surface area contributed by atoms with Crippen LogP contribution in [-0.2, 0) is 16.0 Å². The summed E-state index contributed by atoms with van der Waals surface area (Å²) in [5.74, 6) is 0.0319. The van der Waals surface area contributed by atoms with E-state index in [0.717, 1.165) is 29.8 Å². The van der Waals surface area contributed by atoms with E-state index in [4.69, 9.17) is 14.6 Å². The number of rotatable bonds is 10. The van der Waals surface area contributed by atoms with Crippen molar-refractivity contribution in [3.63, 3.8) is 0 Å². The first-order chi connectivity index (χ1) is 10.1. The number of aryl methyl sites for hydroxylation is 1. The maximum atomic E-state index is 11.0. The fraction of sp³-hybridized carbons (Fsp3) is 0.562. The molecule has 0 radical (unpaired) electrons. The quantitative estimate of drug-likeness (QED) is 0.646. The minimum Gasteiger partial charge on any atom is -0.497 e. The van der Waals surface area contributed by atoms with E-state index in [2.05, 4.69) is 5.32 Å². The highest BCUT2D eigenvalue weighted by molar-refractivity contribution is 5.67. The van der Waals surface area contributed by atoms with Crippen LogP contribution in [0.2, 0.25) is 0 Å². The Morgan fingerprint density at radius 1 is 1.38 bits per heavy atom. The van der Waals surface area contributed by atoms with Crippen LogP contribution in [0.4, 0.5) is 0 Å². The zero-order valence-corrected chi connectivity index (χ0v) is 13.0. The molecule has 0 aliphatic heterocycles. The van der Waals surface area contributed by atoms with Gasteiger partial charge < -0.3 is 19.9 Å². The summed E-state index contributed by atoms with van der Waals surface area (Å²) in [6.45, 7) is 3.44. The van der Waals surface area contributed by atoms with Crippen molar-refractivity contribution in [3.8, 4) is 5.75 Å². The maximum Gasteiger partial charge on any atom is 0.304 e. The molecule has 118 valence electrons. The third-order valence-electron chi connectivity index (χ3n) is 3.40. The van der Waals surface area contributed by atoms with Crippen molar-refractivity contribution in [2.75, 3.05) is 27.4 Å². The monoisotopic (exact) mass is 295 g/mol. The average Bonchev–Trinajstić information content (AvgIpc) is 2.44. The van der Waals surface area contributed by atoms with Gasteiger partial charge in [-0.2, -0.15) is 0 Å². The third-order valence-corrected chi connectivity index (χ3v) is 3.40. The molecule has 5 nitrogen and oxygen atoms in total. The molecule has 0 aliphatic carbocycles. The first-order valence-electron chi connectivity index (χ1n) is 7.14. The standard InChI is InChI=1S/C16H25NO4/c1-12-9-15(21-3)6-5-13(12)10-14(11-16(18)19)17-7-4-8-20-2/h5-6,9,14,17H,4,7-8,10-11H2,1-3H3,(H,18,19). The Kier molecular flexibility index (Phi) is 7.79. The molecule has 1 aromatic rings. The third kappa shape index (κ3) is 6.60. The van der Waals surface area contributed by atoms with E-state index in [1.807, 2.05) is 25.1 Å². The zero-order valence-electron chi connectivity index (χ0n) is 13.0. The predicted molar refractivity (Wildman–Crippen MR) is 82.0 cm³/mol. The summed E-state index contributed by atoms with van der Waals surface area (Å²) < 4.78 is 10.2. The summed E-state index contributed by atoms with van der Waals surface area (Å²) in [5.41, 5.74) is 2.25. The lowest BCUT2D eigenvalue weighted by Gasteiger charge is -2.18. The number of carboxylic acid groups (broad SMARTS) is 1. The number of aliphatic carboxylic acids is 1. The van der Waals surface area contributed by atoms with E-state index in [1.54, 1.807) is 14.2 Å². The highest BCUT2D eigenvalue weighted by Crippen LogP contribution is 2.18. The van der Waals surface area contributed by atoms with Gasteiger partial charge in [0.25, 0.3) is 0 Å². The highest BCUT2D eigenvalue weighted by atomic mass is 16.5. The van der Waals surface area contributed by atoms with Gasteiger partial charge in [0.15, 0.2) is 0 Å². The number of methoxy groups -OCH3 is 2. The molecule has 1 aromatic carbocycles. The van der Waals surface area contributed by atoms with E-state index >= 15 is 0 Å². The van der Waals surface area contributed by atoms with Crippen LogP contribution in [0.15, 0.2) is 18.2 Å². The van der Waals surface area contributed by atoms with Crippen LogP contribution >= 0.6 is 0 Å². The molecule has 0 saturated heterocycles. The second-order valence-corrected chi connectivity index (χ2v) is 5.09. The summed E-state index contributed by atoms with van der Waals surface area (Å²) in [6, 6.07) is 5.80. The molecule has 0 spiro atoms. The Morgan fingerprint density at radius 3 is 2.71 bits per heavy atom. The van der Waals surface area contributed by atoms with Gasteiger partial charge in [-0.05, 0) is 49.6 Å². The van der Waals surface area contributed by atoms with Crippen molar-refractivity contribution in [2.24, 2.45) is 0 Å². The van der Waals surface area contributed by atoms with Crippen LogP contribution in [0.3, 0.4) is 0 Å². The Balaban J connectivity index is 2.64. The molecule has 0 amide bonds. The molecule has 0 aliphatic rings. The van der Waals surface area contributed by atoms with Crippen LogP contribution in [0, 0.1) is 6.92 Å². The molecule has 21 heavy (non-hydrogen) atoms. The fourth-order valence-corrected chi connectivity index (χ4v) is 2.24. The van der Waals surface area contributed by atoms with E-state index in [9.17, 15) is 4.79 Å². The summed E-state index contributed by atoms with van der Waals surface area (Å²) in [4.78, 5) is 11.0. The van der Waals surface area contributed by atoms with Crippen molar-refractivity contribution in [2.45, 2.75) is 32.2 Å². The number of hydrogen-bond donors (Lipinski definition) is 2. The Labute approximate surface area is 126 Å². The summed E-state index contributed by atoms with van der Waals surface area (Å²) in [6.07, 6.45) is 1.67. The molecule has 0 bridgehead atoms. The van der Waals surface area contributed by atoms with E-state index in [0.29, 0.717) is 13.0 Å². The van der Waals surface area contributed by atoms with Gasteiger partial charge in [0.1, 0.15) is 5.75 Å². The number of ether oxygens (including phenoxy) is 2. The van der Waals surface area contributed by atoms with Crippen molar-refractivity contribution >= 4 is 5.97 Å². The molecule has 1 rings (SSSR count). The normalized spacial score (nSPS) is 12.1. The molecular weight excluding hydrogens is 270 g/mol. The van der Waals surface area contributed by atoms with Crippen molar-refractivity contribution in [1.82, 2.24) is 5.32 Å². The smallest absolute Gasteiger partial charge is 0.304 e. The van der Waals surface area contributed by atoms with Crippen LogP contribution < -0.4 is 10.1 Å². The van der Waals surface area contributed by atoms with Gasteiger partial charge >= 0.3 is 5.97 Å². The Morgan fingerprint density at radius 2 is 2.14 bits per heavy atom. The first kappa shape index (κ1) is 17.5. The SMILES string of the molecule is COCCCNC(CC(=O)O)Cc1ccc(OC)cc1C. The van der Waals surface area contributed by atoms with Crippen molar-refractivity contribution < 1.29 is 19.4 Å². The van der Waals surface area contributed by atoms with Crippen molar-refractivity contribution in [3.05, 3.63) is 29.3 Å². The number of nitrogens with one attached hydrogen (secondary N) is 1. The molecule has 5 heteroatoms. The first-order valence-corrected chi connectivity index (χ1v) is 7.14. The summed E-state index contributed by atoms with van der Waals surface area (Å²) in [7, 11) is 3.30. The molecule has 1 atom stereocenters. The lowest BCUT2D eigenvalue weighted by molar-refractivity contribution is -0.137. The Hall–Kier alpha value is -1.59. The van der Waals surface area contributed by atoms with Gasteiger partial charge in [0.2, 0.25) is 0 Å². The molecule has 0 heterocycles.